The van der Waals surface area contributed by atoms with Gasteiger partial charge in [0.15, 0.2) is 9.84 Å². The van der Waals surface area contributed by atoms with E-state index in [0.29, 0.717) is 48.8 Å². The SMILES string of the molecule is Cc1cccc2c(O)c(S(=O)(=O)N3CCC4(CC3)C[C@@H](N(C[C@H](O)COc3cccc(S(=O)(=O)C5CC5)c3)C(=O)OC(C)(C)C)CO4)cnc12. The molecule has 3 heterocycles. The number of hydrogen-bond donors (Lipinski definition) is 2. The number of aromatic hydroxyl groups is 1. The first kappa shape index (κ1) is 36.3. The molecule has 3 aromatic rings. The maximum absolute atomic E-state index is 13.7. The second-order valence-corrected chi connectivity index (χ2v) is 18.6. The summed E-state index contributed by atoms with van der Waals surface area (Å²) in [4.78, 5) is 19.1. The number of amides is 1. The molecule has 0 bridgehead atoms. The van der Waals surface area contributed by atoms with Gasteiger partial charge < -0.3 is 29.3 Å². The predicted molar refractivity (Wildman–Crippen MR) is 184 cm³/mol. The number of fused-ring (bicyclic) bond motifs is 1. The van der Waals surface area contributed by atoms with Crippen molar-refractivity contribution in [1.29, 1.82) is 0 Å². The van der Waals surface area contributed by atoms with E-state index in [9.17, 15) is 31.8 Å². The van der Waals surface area contributed by atoms with E-state index < -0.39 is 49.3 Å². The number of sulfone groups is 1. The summed E-state index contributed by atoms with van der Waals surface area (Å²) in [6.45, 7) is 7.19. The van der Waals surface area contributed by atoms with Gasteiger partial charge in [-0.1, -0.05) is 18.2 Å². The third kappa shape index (κ3) is 7.57. The molecule has 272 valence electrons. The lowest BCUT2D eigenvalue weighted by Gasteiger charge is -2.38. The van der Waals surface area contributed by atoms with E-state index in [1.165, 1.54) is 27.5 Å². The van der Waals surface area contributed by atoms with E-state index in [-0.39, 0.29) is 53.6 Å². The lowest BCUT2D eigenvalue weighted by molar-refractivity contribution is -0.0329. The molecule has 15 heteroatoms. The van der Waals surface area contributed by atoms with Crippen molar-refractivity contribution >= 4 is 36.9 Å². The van der Waals surface area contributed by atoms with Gasteiger partial charge in [-0.05, 0) is 89.6 Å². The van der Waals surface area contributed by atoms with E-state index in [4.69, 9.17) is 14.2 Å². The Hall–Kier alpha value is -3.50. The molecule has 3 aliphatic rings. The number of pyridine rings is 1. The zero-order valence-electron chi connectivity index (χ0n) is 28.7. The first-order chi connectivity index (χ1) is 23.5. The summed E-state index contributed by atoms with van der Waals surface area (Å²) in [6, 6.07) is 10.9. The normalized spacial score (nSPS) is 20.5. The van der Waals surface area contributed by atoms with Gasteiger partial charge in [-0.25, -0.2) is 21.6 Å². The molecule has 6 rings (SSSR count). The molecule has 2 aliphatic heterocycles. The summed E-state index contributed by atoms with van der Waals surface area (Å²) in [5.74, 6) is -0.0370. The zero-order valence-corrected chi connectivity index (χ0v) is 30.4. The summed E-state index contributed by atoms with van der Waals surface area (Å²) < 4.78 is 71.8. The van der Waals surface area contributed by atoms with Crippen molar-refractivity contribution < 1.29 is 46.1 Å². The number of carbonyl (C=O) groups is 1. The largest absolute Gasteiger partial charge is 0.506 e. The highest BCUT2D eigenvalue weighted by atomic mass is 32.2. The van der Waals surface area contributed by atoms with Crippen molar-refractivity contribution in [1.82, 2.24) is 14.2 Å². The molecular formula is C35H45N3O10S2. The monoisotopic (exact) mass is 731 g/mol. The highest BCUT2D eigenvalue weighted by Gasteiger charge is 2.48. The van der Waals surface area contributed by atoms with Crippen LogP contribution in [-0.2, 0) is 29.3 Å². The summed E-state index contributed by atoms with van der Waals surface area (Å²) in [5.41, 5.74) is -0.149. The molecule has 1 amide bonds. The molecule has 1 spiro atoms. The van der Waals surface area contributed by atoms with Crippen molar-refractivity contribution in [3.63, 3.8) is 0 Å². The van der Waals surface area contributed by atoms with Gasteiger partial charge >= 0.3 is 6.09 Å². The van der Waals surface area contributed by atoms with Crippen molar-refractivity contribution in [3.8, 4) is 11.5 Å². The molecule has 50 heavy (non-hydrogen) atoms. The number of aryl methyl sites for hydroxylation is 1. The fourth-order valence-corrected chi connectivity index (χ4v) is 9.82. The predicted octanol–water partition coefficient (Wildman–Crippen LogP) is 4.17. The van der Waals surface area contributed by atoms with Crippen LogP contribution in [0.25, 0.3) is 10.9 Å². The van der Waals surface area contributed by atoms with Gasteiger partial charge in [-0.2, -0.15) is 4.31 Å². The molecule has 2 N–H and O–H groups in total. The maximum Gasteiger partial charge on any atom is 0.410 e. The Labute approximate surface area is 293 Å². The van der Waals surface area contributed by atoms with Crippen molar-refractivity contribution in [2.75, 3.05) is 32.8 Å². The number of rotatable bonds is 10. The number of aromatic nitrogens is 1. The van der Waals surface area contributed by atoms with Crippen LogP contribution in [0.5, 0.6) is 11.5 Å². The number of carbonyl (C=O) groups excluding carboxylic acids is 1. The second-order valence-electron chi connectivity index (χ2n) is 14.5. The summed E-state index contributed by atoms with van der Waals surface area (Å²) in [5, 5.41) is 22.0. The standard InChI is InChI=1S/C35H45N3O10S2/c1-23-7-5-10-29-31(23)36-19-30(32(29)40)50(44,45)37-15-13-35(14-16-37)18-24(21-47-35)38(33(41)48-34(2,3)4)20-25(39)22-46-26-8-6-9-28(17-26)49(42,43)27-11-12-27/h5-10,17,19,24-25,27,39H,11-16,18,20-22H2,1-4H3,(H,36,40)/t24-,25+/m1/s1. The molecule has 3 fully saturated rings. The number of aliphatic hydroxyl groups is 1. The smallest absolute Gasteiger partial charge is 0.410 e. The average molecular weight is 732 g/mol. The lowest BCUT2D eigenvalue weighted by atomic mass is 9.88. The minimum absolute atomic E-state index is 0.132. The fraction of sp³-hybridized carbons (Fsp3) is 0.543. The topological polar surface area (TPSA) is 173 Å². The summed E-state index contributed by atoms with van der Waals surface area (Å²) >= 11 is 0. The van der Waals surface area contributed by atoms with Crippen LogP contribution in [-0.4, -0.2) is 109 Å². The van der Waals surface area contributed by atoms with Crippen LogP contribution in [0.15, 0.2) is 58.5 Å². The maximum atomic E-state index is 13.7. The molecule has 2 atom stereocenters. The quantitative estimate of drug-likeness (QED) is 0.307. The molecule has 2 saturated heterocycles. The van der Waals surface area contributed by atoms with E-state index in [2.05, 4.69) is 4.98 Å². The molecular weight excluding hydrogens is 687 g/mol. The first-order valence-corrected chi connectivity index (χ1v) is 19.8. The highest BCUT2D eigenvalue weighted by Crippen LogP contribution is 2.41. The third-order valence-electron chi connectivity index (χ3n) is 9.49. The van der Waals surface area contributed by atoms with Crippen molar-refractivity contribution in [2.45, 2.75) is 98.2 Å². The second kappa shape index (κ2) is 13.6. The first-order valence-electron chi connectivity index (χ1n) is 16.8. The van der Waals surface area contributed by atoms with Crippen LogP contribution in [0.2, 0.25) is 0 Å². The van der Waals surface area contributed by atoms with Crippen molar-refractivity contribution in [2.24, 2.45) is 0 Å². The number of ether oxygens (including phenoxy) is 3. The van der Waals surface area contributed by atoms with Crippen LogP contribution in [0.1, 0.15) is 58.4 Å². The number of nitrogens with zero attached hydrogens (tertiary/aromatic N) is 3. The average Bonchev–Trinajstić information content (AvgIpc) is 3.85. The molecule has 2 aromatic carbocycles. The van der Waals surface area contributed by atoms with Crippen LogP contribution >= 0.6 is 0 Å². The van der Waals surface area contributed by atoms with E-state index >= 15 is 0 Å². The zero-order chi connectivity index (χ0) is 36.1. The summed E-state index contributed by atoms with van der Waals surface area (Å²) in [6.07, 6.45) is 1.84. The van der Waals surface area contributed by atoms with Crippen LogP contribution in [0.4, 0.5) is 4.79 Å². The van der Waals surface area contributed by atoms with Gasteiger partial charge in [0.05, 0.1) is 46.7 Å². The lowest BCUT2D eigenvalue weighted by Crippen LogP contribution is -2.50. The van der Waals surface area contributed by atoms with Gasteiger partial charge in [-0.15, -0.1) is 0 Å². The Morgan fingerprint density at radius 3 is 2.50 bits per heavy atom. The van der Waals surface area contributed by atoms with Gasteiger partial charge in [0, 0.05) is 18.5 Å². The van der Waals surface area contributed by atoms with Gasteiger partial charge in [0.25, 0.3) is 0 Å². The Bertz CT molecular complexity index is 1970. The van der Waals surface area contributed by atoms with Gasteiger partial charge in [0.2, 0.25) is 10.0 Å². The van der Waals surface area contributed by atoms with Gasteiger partial charge in [-0.3, -0.25) is 4.98 Å². The van der Waals surface area contributed by atoms with Crippen LogP contribution in [0.3, 0.4) is 0 Å². The minimum atomic E-state index is -4.06. The Morgan fingerprint density at radius 2 is 1.82 bits per heavy atom. The number of aliphatic hydroxyl groups excluding tert-OH is 1. The number of benzene rings is 2. The summed E-state index contributed by atoms with van der Waals surface area (Å²) in [7, 11) is -7.48. The fourth-order valence-electron chi connectivity index (χ4n) is 6.65. The van der Waals surface area contributed by atoms with Crippen LogP contribution in [0, 0.1) is 6.92 Å². The molecule has 1 aromatic heterocycles. The third-order valence-corrected chi connectivity index (χ3v) is 13.7. The van der Waals surface area contributed by atoms with Gasteiger partial charge in [0.1, 0.15) is 34.7 Å². The van der Waals surface area contributed by atoms with E-state index in [1.807, 2.05) is 13.0 Å². The molecule has 1 aliphatic carbocycles. The molecule has 13 nitrogen and oxygen atoms in total. The number of piperidine rings is 1. The Morgan fingerprint density at radius 1 is 1.12 bits per heavy atom. The molecule has 0 unspecified atom stereocenters. The molecule has 0 radical (unpaired) electrons. The van der Waals surface area contributed by atoms with Crippen LogP contribution < -0.4 is 4.74 Å². The van der Waals surface area contributed by atoms with Crippen molar-refractivity contribution in [3.05, 3.63) is 54.2 Å². The number of hydrogen-bond acceptors (Lipinski definition) is 11. The van der Waals surface area contributed by atoms with E-state index in [1.54, 1.807) is 45.0 Å². The number of sulfonamides is 1. The molecule has 1 saturated carbocycles. The number of para-hydroxylation sites is 1. The minimum Gasteiger partial charge on any atom is -0.506 e. The van der Waals surface area contributed by atoms with E-state index in [0.717, 1.165) is 5.56 Å². The highest BCUT2D eigenvalue weighted by molar-refractivity contribution is 7.92. The Kier molecular flexibility index (Phi) is 9.85. The Balaban J connectivity index is 1.11.